The van der Waals surface area contributed by atoms with Gasteiger partial charge in [-0.15, -0.1) is 11.3 Å². The quantitative estimate of drug-likeness (QED) is 0.865. The van der Waals surface area contributed by atoms with E-state index in [0.717, 1.165) is 18.4 Å². The second-order valence-corrected chi connectivity index (χ2v) is 6.09. The molecular formula is C16H17NO2S. The minimum Gasteiger partial charge on any atom is -0.472 e. The van der Waals surface area contributed by atoms with Crippen LogP contribution >= 0.6 is 11.3 Å². The molecule has 1 aliphatic carbocycles. The predicted molar refractivity (Wildman–Crippen MR) is 80.3 cm³/mol. The molecular weight excluding hydrogens is 270 g/mol. The SMILES string of the molecule is O=C(/C=C/c1ccoc1)NC1(c2cccs2)CCCC1. The van der Waals surface area contributed by atoms with E-state index in [1.165, 1.54) is 17.7 Å². The van der Waals surface area contributed by atoms with Crippen molar-refractivity contribution in [3.05, 3.63) is 52.6 Å². The summed E-state index contributed by atoms with van der Waals surface area (Å²) in [6.45, 7) is 0. The first-order valence-corrected chi connectivity index (χ1v) is 7.73. The third-order valence-electron chi connectivity index (χ3n) is 3.78. The molecule has 0 aliphatic heterocycles. The van der Waals surface area contributed by atoms with Crippen molar-refractivity contribution in [3.8, 4) is 0 Å². The van der Waals surface area contributed by atoms with E-state index < -0.39 is 0 Å². The third kappa shape index (κ3) is 2.70. The number of carbonyl (C=O) groups excluding carboxylic acids is 1. The first-order chi connectivity index (χ1) is 9.78. The lowest BCUT2D eigenvalue weighted by Gasteiger charge is -2.28. The molecule has 104 valence electrons. The summed E-state index contributed by atoms with van der Waals surface area (Å²) in [5, 5.41) is 5.28. The summed E-state index contributed by atoms with van der Waals surface area (Å²) >= 11 is 1.72. The molecule has 3 rings (SSSR count). The fourth-order valence-electron chi connectivity index (χ4n) is 2.78. The smallest absolute Gasteiger partial charge is 0.244 e. The van der Waals surface area contributed by atoms with Crippen molar-refractivity contribution in [2.75, 3.05) is 0 Å². The first kappa shape index (κ1) is 13.2. The Hall–Kier alpha value is -1.81. The molecule has 0 spiro atoms. The van der Waals surface area contributed by atoms with E-state index in [1.54, 1.807) is 36.0 Å². The molecule has 0 aromatic carbocycles. The van der Waals surface area contributed by atoms with Crippen molar-refractivity contribution < 1.29 is 9.21 Å². The number of rotatable bonds is 4. The topological polar surface area (TPSA) is 42.2 Å². The number of thiophene rings is 1. The fourth-order valence-corrected chi connectivity index (χ4v) is 3.72. The van der Waals surface area contributed by atoms with E-state index in [1.807, 2.05) is 12.1 Å². The molecule has 0 unspecified atom stereocenters. The summed E-state index contributed by atoms with van der Waals surface area (Å²) in [7, 11) is 0. The van der Waals surface area contributed by atoms with Gasteiger partial charge in [0.1, 0.15) is 0 Å². The van der Waals surface area contributed by atoms with Crippen LogP contribution in [-0.4, -0.2) is 5.91 Å². The van der Waals surface area contributed by atoms with Gasteiger partial charge in [0.2, 0.25) is 5.91 Å². The van der Waals surface area contributed by atoms with Gasteiger partial charge in [-0.2, -0.15) is 0 Å². The van der Waals surface area contributed by atoms with Crippen LogP contribution in [0.15, 0.2) is 46.6 Å². The molecule has 0 saturated heterocycles. The van der Waals surface area contributed by atoms with Crippen LogP contribution in [0.2, 0.25) is 0 Å². The second-order valence-electron chi connectivity index (χ2n) is 5.15. The van der Waals surface area contributed by atoms with Gasteiger partial charge in [-0.3, -0.25) is 4.79 Å². The van der Waals surface area contributed by atoms with E-state index in [0.29, 0.717) is 0 Å². The van der Waals surface area contributed by atoms with Gasteiger partial charge in [0.25, 0.3) is 0 Å². The molecule has 4 heteroatoms. The van der Waals surface area contributed by atoms with E-state index in [2.05, 4.69) is 16.8 Å². The molecule has 2 aromatic heterocycles. The molecule has 0 radical (unpaired) electrons. The van der Waals surface area contributed by atoms with Crippen molar-refractivity contribution in [2.24, 2.45) is 0 Å². The number of hydrogen-bond donors (Lipinski definition) is 1. The van der Waals surface area contributed by atoms with Gasteiger partial charge in [-0.1, -0.05) is 18.9 Å². The number of carbonyl (C=O) groups is 1. The molecule has 1 saturated carbocycles. The van der Waals surface area contributed by atoms with Crippen molar-refractivity contribution >= 4 is 23.3 Å². The summed E-state index contributed by atoms with van der Waals surface area (Å²) in [5.41, 5.74) is 0.739. The van der Waals surface area contributed by atoms with Crippen LogP contribution in [0.25, 0.3) is 6.08 Å². The first-order valence-electron chi connectivity index (χ1n) is 6.85. The molecule has 1 amide bonds. The molecule has 3 nitrogen and oxygen atoms in total. The van der Waals surface area contributed by atoms with E-state index in [4.69, 9.17) is 4.42 Å². The maximum atomic E-state index is 12.2. The Morgan fingerprint density at radius 2 is 2.20 bits per heavy atom. The lowest BCUT2D eigenvalue weighted by molar-refractivity contribution is -0.118. The lowest BCUT2D eigenvalue weighted by Crippen LogP contribution is -2.42. The fraction of sp³-hybridized carbons (Fsp3) is 0.312. The van der Waals surface area contributed by atoms with Crippen LogP contribution in [0.4, 0.5) is 0 Å². The average molecular weight is 287 g/mol. The third-order valence-corrected chi connectivity index (χ3v) is 4.86. The summed E-state index contributed by atoms with van der Waals surface area (Å²) in [6.07, 6.45) is 11.0. The molecule has 20 heavy (non-hydrogen) atoms. The average Bonchev–Trinajstić information content (AvgIpc) is 3.18. The number of nitrogens with one attached hydrogen (secondary N) is 1. The summed E-state index contributed by atoms with van der Waals surface area (Å²) in [6, 6.07) is 6.00. The second kappa shape index (κ2) is 5.67. The standard InChI is InChI=1S/C16H17NO2S/c18-15(6-5-13-7-10-19-12-13)17-16(8-1-2-9-16)14-4-3-11-20-14/h3-7,10-12H,1-2,8-9H2,(H,17,18)/b6-5+. The van der Waals surface area contributed by atoms with Crippen molar-refractivity contribution in [3.63, 3.8) is 0 Å². The van der Waals surface area contributed by atoms with Crippen LogP contribution in [-0.2, 0) is 10.3 Å². The highest BCUT2D eigenvalue weighted by Crippen LogP contribution is 2.40. The largest absolute Gasteiger partial charge is 0.472 e. The maximum Gasteiger partial charge on any atom is 0.244 e. The highest BCUT2D eigenvalue weighted by atomic mass is 32.1. The zero-order valence-electron chi connectivity index (χ0n) is 11.2. The van der Waals surface area contributed by atoms with Crippen LogP contribution < -0.4 is 5.32 Å². The Kier molecular flexibility index (Phi) is 3.74. The Balaban J connectivity index is 1.73. The van der Waals surface area contributed by atoms with Crippen molar-refractivity contribution in [1.29, 1.82) is 0 Å². The van der Waals surface area contributed by atoms with Gasteiger partial charge in [-0.25, -0.2) is 0 Å². The molecule has 0 bridgehead atoms. The summed E-state index contributed by atoms with van der Waals surface area (Å²) in [4.78, 5) is 13.4. The van der Waals surface area contributed by atoms with Crippen LogP contribution in [0, 0.1) is 0 Å². The number of furan rings is 1. The molecule has 0 atom stereocenters. The Labute approximate surface area is 122 Å². The Bertz CT molecular complexity index is 578. The lowest BCUT2D eigenvalue weighted by atomic mass is 9.95. The summed E-state index contributed by atoms with van der Waals surface area (Å²) < 4.78 is 4.98. The predicted octanol–water partition coefficient (Wildman–Crippen LogP) is 3.94. The minimum atomic E-state index is -0.161. The molecule has 1 N–H and O–H groups in total. The van der Waals surface area contributed by atoms with Gasteiger partial charge < -0.3 is 9.73 Å². The van der Waals surface area contributed by atoms with Crippen molar-refractivity contribution in [1.82, 2.24) is 5.32 Å². The zero-order valence-corrected chi connectivity index (χ0v) is 12.0. The monoisotopic (exact) mass is 287 g/mol. The molecule has 2 heterocycles. The van der Waals surface area contributed by atoms with E-state index >= 15 is 0 Å². The normalized spacial score (nSPS) is 17.6. The molecule has 2 aromatic rings. The Morgan fingerprint density at radius 3 is 2.85 bits per heavy atom. The Morgan fingerprint density at radius 1 is 1.35 bits per heavy atom. The van der Waals surface area contributed by atoms with Crippen LogP contribution in [0.1, 0.15) is 36.1 Å². The minimum absolute atomic E-state index is 0.0403. The van der Waals surface area contributed by atoms with Crippen LogP contribution in [0.3, 0.4) is 0 Å². The summed E-state index contributed by atoms with van der Waals surface area (Å²) in [5.74, 6) is -0.0403. The number of hydrogen-bond acceptors (Lipinski definition) is 3. The van der Waals surface area contributed by atoms with Crippen LogP contribution in [0.5, 0.6) is 0 Å². The van der Waals surface area contributed by atoms with Gasteiger partial charge in [0, 0.05) is 16.5 Å². The maximum absolute atomic E-state index is 12.2. The molecule has 1 fully saturated rings. The zero-order chi connectivity index (χ0) is 13.8. The van der Waals surface area contributed by atoms with Gasteiger partial charge in [-0.05, 0) is 36.4 Å². The highest BCUT2D eigenvalue weighted by Gasteiger charge is 2.37. The van der Waals surface area contributed by atoms with E-state index in [-0.39, 0.29) is 11.4 Å². The number of amides is 1. The van der Waals surface area contributed by atoms with Gasteiger partial charge >= 0.3 is 0 Å². The van der Waals surface area contributed by atoms with E-state index in [9.17, 15) is 4.79 Å². The van der Waals surface area contributed by atoms with Gasteiger partial charge in [0.05, 0.1) is 18.1 Å². The molecule has 1 aliphatic rings. The highest BCUT2D eigenvalue weighted by molar-refractivity contribution is 7.10. The van der Waals surface area contributed by atoms with Gasteiger partial charge in [0.15, 0.2) is 0 Å². The van der Waals surface area contributed by atoms with Crippen molar-refractivity contribution in [2.45, 2.75) is 31.2 Å².